The largest absolute Gasteiger partial charge is 0.480 e. The number of hydrogen-bond acceptors (Lipinski definition) is 4. The van der Waals surface area contributed by atoms with Crippen molar-refractivity contribution in [1.82, 2.24) is 4.90 Å². The van der Waals surface area contributed by atoms with Crippen LogP contribution in [0.2, 0.25) is 0 Å². The van der Waals surface area contributed by atoms with E-state index in [2.05, 4.69) is 0 Å². The summed E-state index contributed by atoms with van der Waals surface area (Å²) in [5.41, 5.74) is 0.552. The molecule has 0 bridgehead atoms. The molecule has 27 heavy (non-hydrogen) atoms. The standard InChI is InChI=1S/C14H12F6N2O5/c15-13(16,17)7-1-6(2-8(3-7)14(18,19)20)11(12(21)27)22(4-9(23)24)5-10(25)26/h1-3,11H,4-5H2,(H2,21,27)(H,23,24)(H,25,26). The lowest BCUT2D eigenvalue weighted by Crippen LogP contribution is -2.43. The molecule has 0 spiro atoms. The van der Waals surface area contributed by atoms with Crippen molar-refractivity contribution >= 4 is 17.8 Å². The van der Waals surface area contributed by atoms with Crippen molar-refractivity contribution in [3.63, 3.8) is 0 Å². The van der Waals surface area contributed by atoms with Gasteiger partial charge in [0, 0.05) is 0 Å². The second-order valence-corrected chi connectivity index (χ2v) is 5.34. The van der Waals surface area contributed by atoms with E-state index in [0.29, 0.717) is 4.90 Å². The van der Waals surface area contributed by atoms with E-state index < -0.39 is 66.0 Å². The lowest BCUT2D eigenvalue weighted by molar-refractivity contribution is -0.146. The number of aliphatic carboxylic acids is 2. The Balaban J connectivity index is 3.64. The minimum Gasteiger partial charge on any atom is -0.480 e. The molecule has 1 atom stereocenters. The first-order valence-corrected chi connectivity index (χ1v) is 6.89. The number of carbonyl (C=O) groups is 3. The van der Waals surface area contributed by atoms with E-state index in [1.807, 2.05) is 0 Å². The number of rotatable bonds is 7. The average molecular weight is 402 g/mol. The number of nitrogens with two attached hydrogens (primary N) is 1. The number of primary amides is 1. The van der Waals surface area contributed by atoms with Crippen molar-refractivity contribution in [1.29, 1.82) is 0 Å². The van der Waals surface area contributed by atoms with Crippen LogP contribution in [0.1, 0.15) is 22.7 Å². The van der Waals surface area contributed by atoms with Gasteiger partial charge in [-0.05, 0) is 23.8 Å². The zero-order chi connectivity index (χ0) is 21.2. The average Bonchev–Trinajstić information content (AvgIpc) is 2.43. The minimum atomic E-state index is -5.22. The van der Waals surface area contributed by atoms with Gasteiger partial charge in [0.05, 0.1) is 24.2 Å². The molecule has 1 rings (SSSR count). The molecule has 1 aromatic carbocycles. The summed E-state index contributed by atoms with van der Waals surface area (Å²) in [6.45, 7) is -2.34. The van der Waals surface area contributed by atoms with Crippen LogP contribution in [0, 0.1) is 0 Å². The molecule has 0 aliphatic carbocycles. The van der Waals surface area contributed by atoms with Gasteiger partial charge in [-0.15, -0.1) is 0 Å². The molecule has 0 radical (unpaired) electrons. The third-order valence-electron chi connectivity index (χ3n) is 3.24. The fraction of sp³-hybridized carbons (Fsp3) is 0.357. The zero-order valence-electron chi connectivity index (χ0n) is 13.1. The predicted octanol–water partition coefficient (Wildman–Crippen LogP) is 1.72. The highest BCUT2D eigenvalue weighted by Crippen LogP contribution is 2.38. The molecule has 1 unspecified atom stereocenters. The van der Waals surface area contributed by atoms with Gasteiger partial charge < -0.3 is 15.9 Å². The van der Waals surface area contributed by atoms with E-state index in [0.717, 1.165) is 0 Å². The number of alkyl halides is 6. The maximum atomic E-state index is 12.9. The van der Waals surface area contributed by atoms with Crippen molar-refractivity contribution in [2.75, 3.05) is 13.1 Å². The summed E-state index contributed by atoms with van der Waals surface area (Å²) in [5, 5.41) is 17.6. The van der Waals surface area contributed by atoms with Crippen LogP contribution in [0.4, 0.5) is 26.3 Å². The molecule has 0 saturated heterocycles. The van der Waals surface area contributed by atoms with Crippen LogP contribution < -0.4 is 5.73 Å². The van der Waals surface area contributed by atoms with Crippen LogP contribution in [-0.4, -0.2) is 46.0 Å². The quantitative estimate of drug-likeness (QED) is 0.598. The van der Waals surface area contributed by atoms with Gasteiger partial charge in [-0.25, -0.2) is 0 Å². The topological polar surface area (TPSA) is 121 Å². The lowest BCUT2D eigenvalue weighted by atomic mass is 9.97. The van der Waals surface area contributed by atoms with Crippen LogP contribution in [0.3, 0.4) is 0 Å². The van der Waals surface area contributed by atoms with Gasteiger partial charge in [-0.3, -0.25) is 19.3 Å². The maximum absolute atomic E-state index is 12.9. The van der Waals surface area contributed by atoms with Crippen LogP contribution >= 0.6 is 0 Å². The first kappa shape index (κ1) is 22.2. The number of hydrogen-bond donors (Lipinski definition) is 3. The molecule has 0 aliphatic rings. The Hall–Kier alpha value is -2.83. The number of halogens is 6. The Bertz CT molecular complexity index is 698. The number of carboxylic acid groups (broad SMARTS) is 2. The third-order valence-corrected chi connectivity index (χ3v) is 3.24. The van der Waals surface area contributed by atoms with E-state index >= 15 is 0 Å². The number of benzene rings is 1. The van der Waals surface area contributed by atoms with Gasteiger partial charge in [0.1, 0.15) is 6.04 Å². The maximum Gasteiger partial charge on any atom is 0.416 e. The van der Waals surface area contributed by atoms with Gasteiger partial charge in [-0.1, -0.05) is 0 Å². The molecule has 0 aliphatic heterocycles. The highest BCUT2D eigenvalue weighted by atomic mass is 19.4. The molecule has 1 aromatic rings. The summed E-state index contributed by atoms with van der Waals surface area (Å²) in [4.78, 5) is 33.7. The summed E-state index contributed by atoms with van der Waals surface area (Å²) in [6, 6.07) is -1.98. The van der Waals surface area contributed by atoms with Gasteiger partial charge in [0.25, 0.3) is 0 Å². The van der Waals surface area contributed by atoms with E-state index in [9.17, 15) is 40.7 Å². The van der Waals surface area contributed by atoms with Crippen LogP contribution in [0.5, 0.6) is 0 Å². The smallest absolute Gasteiger partial charge is 0.416 e. The van der Waals surface area contributed by atoms with Gasteiger partial charge >= 0.3 is 24.3 Å². The van der Waals surface area contributed by atoms with Gasteiger partial charge in [-0.2, -0.15) is 26.3 Å². The van der Waals surface area contributed by atoms with Crippen molar-refractivity contribution in [3.05, 3.63) is 34.9 Å². The SMILES string of the molecule is NC(=O)C(c1cc(C(F)(F)F)cc(C(F)(F)F)c1)N(CC(=O)O)CC(=O)O. The molecule has 1 amide bonds. The summed E-state index contributed by atoms with van der Waals surface area (Å²) >= 11 is 0. The van der Waals surface area contributed by atoms with E-state index in [-0.39, 0.29) is 18.2 Å². The fourth-order valence-electron chi connectivity index (χ4n) is 2.28. The highest BCUT2D eigenvalue weighted by molar-refractivity contribution is 5.83. The molecule has 0 saturated carbocycles. The minimum absolute atomic E-state index is 0.182. The number of nitrogens with zero attached hydrogens (tertiary/aromatic N) is 1. The van der Waals surface area contributed by atoms with Crippen LogP contribution in [0.25, 0.3) is 0 Å². The molecule has 13 heteroatoms. The van der Waals surface area contributed by atoms with E-state index in [1.54, 1.807) is 0 Å². The molecule has 0 fully saturated rings. The second kappa shape index (κ2) is 7.82. The number of amides is 1. The summed E-state index contributed by atoms with van der Waals surface area (Å²) in [6.07, 6.45) is -10.4. The first-order chi connectivity index (χ1) is 12.1. The number of carbonyl (C=O) groups excluding carboxylic acids is 1. The van der Waals surface area contributed by atoms with Gasteiger partial charge in [0.2, 0.25) is 5.91 Å². The molecular weight excluding hydrogens is 390 g/mol. The summed E-state index contributed by atoms with van der Waals surface area (Å²) in [7, 11) is 0. The Kier molecular flexibility index (Phi) is 6.43. The molecule has 0 heterocycles. The number of carboxylic acids is 2. The van der Waals surface area contributed by atoms with E-state index in [1.165, 1.54) is 0 Å². The molecule has 4 N–H and O–H groups in total. The first-order valence-electron chi connectivity index (χ1n) is 6.89. The predicted molar refractivity (Wildman–Crippen MR) is 75.2 cm³/mol. The van der Waals surface area contributed by atoms with E-state index in [4.69, 9.17) is 15.9 Å². The lowest BCUT2D eigenvalue weighted by Gasteiger charge is -2.28. The molecule has 0 aromatic heterocycles. The van der Waals surface area contributed by atoms with Crippen LogP contribution in [0.15, 0.2) is 18.2 Å². The van der Waals surface area contributed by atoms with Crippen molar-refractivity contribution in [2.45, 2.75) is 18.4 Å². The summed E-state index contributed by atoms with van der Waals surface area (Å²) in [5.74, 6) is -4.87. The zero-order valence-corrected chi connectivity index (χ0v) is 13.1. The van der Waals surface area contributed by atoms with Crippen molar-refractivity contribution in [3.8, 4) is 0 Å². The second-order valence-electron chi connectivity index (χ2n) is 5.34. The molecule has 7 nitrogen and oxygen atoms in total. The Morgan fingerprint density at radius 3 is 1.52 bits per heavy atom. The Labute approximate surface area is 147 Å². The third kappa shape index (κ3) is 6.13. The fourth-order valence-corrected chi connectivity index (χ4v) is 2.28. The Morgan fingerprint density at radius 2 is 1.26 bits per heavy atom. The van der Waals surface area contributed by atoms with Crippen molar-refractivity contribution in [2.24, 2.45) is 5.73 Å². The summed E-state index contributed by atoms with van der Waals surface area (Å²) < 4.78 is 77.6. The highest BCUT2D eigenvalue weighted by Gasteiger charge is 2.39. The molecular formula is C14H12F6N2O5. The Morgan fingerprint density at radius 1 is 0.889 bits per heavy atom. The molecule has 150 valence electrons. The van der Waals surface area contributed by atoms with Gasteiger partial charge in [0.15, 0.2) is 0 Å². The normalized spacial score (nSPS) is 13.4. The van der Waals surface area contributed by atoms with Crippen molar-refractivity contribution < 1.29 is 50.9 Å². The monoisotopic (exact) mass is 402 g/mol. The van der Waals surface area contributed by atoms with Crippen LogP contribution in [-0.2, 0) is 26.7 Å².